The van der Waals surface area contributed by atoms with Crippen molar-refractivity contribution in [2.24, 2.45) is 16.9 Å². The molecule has 0 bridgehead atoms. The molecule has 1 aliphatic carbocycles. The summed E-state index contributed by atoms with van der Waals surface area (Å²) in [5, 5.41) is 0. The van der Waals surface area contributed by atoms with Crippen LogP contribution in [0.2, 0.25) is 0 Å². The van der Waals surface area contributed by atoms with Gasteiger partial charge in [-0.1, -0.05) is 6.42 Å². The monoisotopic (exact) mass is 379 g/mol. The van der Waals surface area contributed by atoms with E-state index in [9.17, 15) is 17.6 Å². The average molecular weight is 380 g/mol. The molecule has 1 aromatic heterocycles. The van der Waals surface area contributed by atoms with E-state index >= 15 is 0 Å². The van der Waals surface area contributed by atoms with Crippen molar-refractivity contribution in [1.82, 2.24) is 4.98 Å². The zero-order valence-corrected chi connectivity index (χ0v) is 13.6. The van der Waals surface area contributed by atoms with Crippen molar-refractivity contribution in [3.05, 3.63) is 23.9 Å². The lowest BCUT2D eigenvalue weighted by Gasteiger charge is -2.47. The Morgan fingerprint density at radius 1 is 1.13 bits per heavy atom. The number of aromatic nitrogens is 1. The van der Waals surface area contributed by atoms with Crippen LogP contribution in [0.15, 0.2) is 18.3 Å². The molecule has 0 aromatic carbocycles. The average Bonchev–Trinajstić information content (AvgIpc) is 2.35. The number of alkyl halides is 4. The molecule has 1 aromatic rings. The zero-order valence-electron chi connectivity index (χ0n) is 12.0. The van der Waals surface area contributed by atoms with Crippen LogP contribution in [0.4, 0.5) is 17.6 Å². The molecule has 2 rings (SSSR count). The third-order valence-electron chi connectivity index (χ3n) is 4.12. The summed E-state index contributed by atoms with van der Waals surface area (Å²) in [5.74, 6) is -0.315. The predicted octanol–water partition coefficient (Wildman–Crippen LogP) is 3.29. The van der Waals surface area contributed by atoms with Crippen LogP contribution in [0, 0.1) is 5.41 Å². The Balaban J connectivity index is 0.00000242. The van der Waals surface area contributed by atoms with Crippen LogP contribution in [0.3, 0.4) is 0 Å². The summed E-state index contributed by atoms with van der Waals surface area (Å²) in [6.07, 6.45) is -0.0299. The van der Waals surface area contributed by atoms with Gasteiger partial charge in [0.15, 0.2) is 0 Å². The van der Waals surface area contributed by atoms with Gasteiger partial charge in [-0.3, -0.25) is 0 Å². The van der Waals surface area contributed by atoms with Gasteiger partial charge in [-0.25, -0.2) is 13.8 Å². The normalized spacial score (nSPS) is 18.4. The van der Waals surface area contributed by atoms with E-state index in [4.69, 9.17) is 11.5 Å². The molecule has 10 heteroatoms. The molecule has 0 aliphatic heterocycles. The molecule has 1 fully saturated rings. The molecule has 0 saturated heterocycles. The first-order valence-electron chi connectivity index (χ1n) is 6.57. The van der Waals surface area contributed by atoms with E-state index in [-0.39, 0.29) is 30.7 Å². The fourth-order valence-corrected chi connectivity index (χ4v) is 2.63. The Bertz CT molecular complexity index is 492. The van der Waals surface area contributed by atoms with Gasteiger partial charge in [-0.2, -0.15) is 8.78 Å². The van der Waals surface area contributed by atoms with Crippen molar-refractivity contribution in [1.29, 1.82) is 0 Å². The first-order chi connectivity index (χ1) is 9.86. The molecule has 0 spiro atoms. The molecule has 0 radical (unpaired) electrons. The number of ether oxygens (including phenoxy) is 1. The maximum absolute atomic E-state index is 13.2. The van der Waals surface area contributed by atoms with Gasteiger partial charge in [0.05, 0.1) is 0 Å². The van der Waals surface area contributed by atoms with Crippen molar-refractivity contribution < 1.29 is 22.3 Å². The second-order valence-corrected chi connectivity index (χ2v) is 5.24. The summed E-state index contributed by atoms with van der Waals surface area (Å²) in [6.45, 7) is -3.02. The van der Waals surface area contributed by atoms with E-state index < -0.39 is 30.5 Å². The van der Waals surface area contributed by atoms with Crippen LogP contribution in [0.1, 0.15) is 30.9 Å². The lowest BCUT2D eigenvalue weighted by molar-refractivity contribution is -0.0827. The standard InChI is InChI=1S/C13H17F4N3O.2ClH/c14-11(15)13(3-1-4-13)10(19)9(18)7-2-5-20-8(6-7)21-12(16)17;;/h2,5-6,9-12H,1,3-4,18-19H2;2*1H. The van der Waals surface area contributed by atoms with Gasteiger partial charge in [0.2, 0.25) is 12.3 Å². The SMILES string of the molecule is Cl.Cl.NC(c1ccnc(OC(F)F)c1)C(N)C1(C(F)F)CCC1. The van der Waals surface area contributed by atoms with Crippen LogP contribution in [0.25, 0.3) is 0 Å². The highest BCUT2D eigenvalue weighted by molar-refractivity contribution is 5.85. The molecule has 4 N–H and O–H groups in total. The number of rotatable bonds is 6. The lowest BCUT2D eigenvalue weighted by Crippen LogP contribution is -2.56. The molecular weight excluding hydrogens is 361 g/mol. The van der Waals surface area contributed by atoms with Gasteiger partial charge >= 0.3 is 6.61 Å². The van der Waals surface area contributed by atoms with Gasteiger partial charge in [-0.15, -0.1) is 24.8 Å². The van der Waals surface area contributed by atoms with Gasteiger partial charge in [0, 0.05) is 29.8 Å². The van der Waals surface area contributed by atoms with E-state index in [1.165, 1.54) is 18.3 Å². The molecule has 23 heavy (non-hydrogen) atoms. The third-order valence-corrected chi connectivity index (χ3v) is 4.12. The number of nitrogens with zero attached hydrogens (tertiary/aromatic N) is 1. The predicted molar refractivity (Wildman–Crippen MR) is 82.6 cm³/mol. The largest absolute Gasteiger partial charge is 0.417 e. The van der Waals surface area contributed by atoms with Gasteiger partial charge in [-0.05, 0) is 24.5 Å². The Morgan fingerprint density at radius 2 is 1.74 bits per heavy atom. The number of pyridine rings is 1. The van der Waals surface area contributed by atoms with Crippen molar-refractivity contribution in [3.8, 4) is 5.88 Å². The fraction of sp³-hybridized carbons (Fsp3) is 0.615. The topological polar surface area (TPSA) is 74.2 Å². The smallest absolute Gasteiger partial charge is 0.388 e. The van der Waals surface area contributed by atoms with Gasteiger partial charge < -0.3 is 16.2 Å². The Hall–Kier alpha value is -0.830. The van der Waals surface area contributed by atoms with Crippen LogP contribution < -0.4 is 16.2 Å². The Morgan fingerprint density at radius 3 is 2.17 bits per heavy atom. The highest BCUT2D eigenvalue weighted by Gasteiger charge is 2.51. The van der Waals surface area contributed by atoms with Gasteiger partial charge in [0.1, 0.15) is 0 Å². The highest BCUT2D eigenvalue weighted by Crippen LogP contribution is 2.50. The Kier molecular flexibility index (Phi) is 8.54. The van der Waals surface area contributed by atoms with Crippen molar-refractivity contribution >= 4 is 24.8 Å². The van der Waals surface area contributed by atoms with Gasteiger partial charge in [0.25, 0.3) is 0 Å². The fourth-order valence-electron chi connectivity index (χ4n) is 2.63. The minimum Gasteiger partial charge on any atom is -0.417 e. The van der Waals surface area contributed by atoms with Crippen molar-refractivity contribution in [3.63, 3.8) is 0 Å². The van der Waals surface area contributed by atoms with E-state index in [0.29, 0.717) is 24.8 Å². The van der Waals surface area contributed by atoms with Crippen LogP contribution in [-0.2, 0) is 0 Å². The summed E-state index contributed by atoms with van der Waals surface area (Å²) in [7, 11) is 0. The molecule has 134 valence electrons. The second-order valence-electron chi connectivity index (χ2n) is 5.24. The number of nitrogens with two attached hydrogens (primary N) is 2. The number of hydrogen-bond acceptors (Lipinski definition) is 4. The molecule has 1 saturated carbocycles. The van der Waals surface area contributed by atoms with E-state index in [1.54, 1.807) is 0 Å². The molecule has 0 amide bonds. The third kappa shape index (κ3) is 4.59. The summed E-state index contributed by atoms with van der Waals surface area (Å²) < 4.78 is 55.0. The zero-order chi connectivity index (χ0) is 15.6. The minimum absolute atomic E-state index is 0. The molecular formula is C13H19Cl2F4N3O. The molecule has 2 atom stereocenters. The summed E-state index contributed by atoms with van der Waals surface area (Å²) in [6, 6.07) is 0.797. The van der Waals surface area contributed by atoms with E-state index in [2.05, 4.69) is 9.72 Å². The first-order valence-corrected chi connectivity index (χ1v) is 6.57. The maximum Gasteiger partial charge on any atom is 0.388 e. The Labute approximate surface area is 143 Å². The molecule has 1 heterocycles. The number of hydrogen-bond donors (Lipinski definition) is 2. The quantitative estimate of drug-likeness (QED) is 0.743. The van der Waals surface area contributed by atoms with E-state index in [0.717, 1.165) is 0 Å². The van der Waals surface area contributed by atoms with E-state index in [1.807, 2.05) is 0 Å². The van der Waals surface area contributed by atoms with Crippen LogP contribution in [0.5, 0.6) is 5.88 Å². The second kappa shape index (κ2) is 8.86. The summed E-state index contributed by atoms with van der Waals surface area (Å²) in [4.78, 5) is 3.61. The maximum atomic E-state index is 13.2. The van der Waals surface area contributed by atoms with Crippen LogP contribution in [-0.4, -0.2) is 24.1 Å². The highest BCUT2D eigenvalue weighted by atomic mass is 35.5. The summed E-state index contributed by atoms with van der Waals surface area (Å²) >= 11 is 0. The molecule has 1 aliphatic rings. The number of halogens is 6. The van der Waals surface area contributed by atoms with Crippen LogP contribution >= 0.6 is 24.8 Å². The van der Waals surface area contributed by atoms with Crippen molar-refractivity contribution in [2.45, 2.75) is 44.4 Å². The first kappa shape index (κ1) is 22.2. The van der Waals surface area contributed by atoms with Crippen molar-refractivity contribution in [2.75, 3.05) is 0 Å². The summed E-state index contributed by atoms with van der Waals surface area (Å²) in [5.41, 5.74) is 10.9. The lowest BCUT2D eigenvalue weighted by atomic mass is 9.62. The minimum atomic E-state index is -3.02. The molecule has 4 nitrogen and oxygen atoms in total. The molecule has 2 unspecified atom stereocenters.